The largest absolute Gasteiger partial charge is 0.500 e. The Morgan fingerprint density at radius 2 is 1.18 bits per heavy atom. The summed E-state index contributed by atoms with van der Waals surface area (Å²) in [5, 5.41) is 0. The molecule has 17 heteroatoms. The van der Waals surface area contributed by atoms with E-state index in [-0.39, 0.29) is 0 Å². The molecule has 0 spiro atoms. The van der Waals surface area contributed by atoms with Crippen molar-refractivity contribution in [1.29, 1.82) is 0 Å². The topological polar surface area (TPSA) is 88.5 Å². The van der Waals surface area contributed by atoms with E-state index in [4.69, 9.17) is 4.55 Å². The lowest BCUT2D eigenvalue weighted by atomic mass is 11.5. The molecule has 1 N–H and O–H groups in total. The predicted octanol–water partition coefficient (Wildman–Crippen LogP) is 1.38. The van der Waals surface area contributed by atoms with Crippen LogP contribution in [0.4, 0.5) is 39.5 Å². The molecule has 1 unspecified atom stereocenters. The van der Waals surface area contributed by atoms with Crippen molar-refractivity contribution in [2.24, 2.45) is 0 Å². The third-order valence-electron chi connectivity index (χ3n) is 2.19. The average molecular weight is 414 g/mol. The molecule has 0 aromatic carbocycles. The number of sulfone groups is 1. The zero-order valence-electron chi connectivity index (χ0n) is 9.86. The van der Waals surface area contributed by atoms with E-state index in [1.807, 2.05) is 0 Å². The van der Waals surface area contributed by atoms with Gasteiger partial charge in [-0.05, 0) is 0 Å². The Balaban J connectivity index is 6.84. The summed E-state index contributed by atoms with van der Waals surface area (Å²) in [4.78, 5) is 0. The van der Waals surface area contributed by atoms with E-state index in [1.54, 1.807) is 0 Å². The Hall–Kier alpha value is -0.420. The highest BCUT2D eigenvalue weighted by molar-refractivity contribution is 8.30. The van der Waals surface area contributed by atoms with E-state index in [2.05, 4.69) is 0 Å². The van der Waals surface area contributed by atoms with Crippen molar-refractivity contribution in [3.05, 3.63) is 0 Å². The van der Waals surface area contributed by atoms with Crippen LogP contribution < -0.4 is 0 Å². The highest BCUT2D eigenvalue weighted by atomic mass is 32.3. The van der Waals surface area contributed by atoms with E-state index < -0.39 is 56.7 Å². The van der Waals surface area contributed by atoms with Crippen molar-refractivity contribution in [3.8, 4) is 0 Å². The molecular weight excluding hydrogens is 407 g/mol. The molecule has 0 aliphatic heterocycles. The number of rotatable bonds is 3. The molecule has 5 nitrogen and oxygen atoms in total. The number of halogens is 9. The summed E-state index contributed by atoms with van der Waals surface area (Å²) in [5.41, 5.74) is -19.8. The van der Waals surface area contributed by atoms with Gasteiger partial charge < -0.3 is 0 Å². The van der Waals surface area contributed by atoms with Crippen LogP contribution in [0, 0.1) is 0 Å². The van der Waals surface area contributed by atoms with Crippen LogP contribution in [0.5, 0.6) is 0 Å². The highest BCUT2D eigenvalue weighted by Gasteiger charge is 2.68. The molecule has 0 aromatic rings. The standard InChI is InChI=1S/C5H7F9O5S3/c1-20(15,3(6,7)8)2(21(16,17)4(9,10)11)22(18,19)5(12,13)14/h2,20-21H,1H3,(H,16,17). The molecule has 0 saturated carbocycles. The number of thiol groups is 2. The van der Waals surface area contributed by atoms with E-state index in [0.29, 0.717) is 0 Å². The first-order chi connectivity index (χ1) is 9.12. The van der Waals surface area contributed by atoms with Crippen LogP contribution in [-0.2, 0) is 30.0 Å². The Morgan fingerprint density at radius 3 is 1.36 bits per heavy atom. The van der Waals surface area contributed by atoms with Crippen molar-refractivity contribution < 1.29 is 60.9 Å². The molecule has 0 aromatic heterocycles. The summed E-state index contributed by atoms with van der Waals surface area (Å²) >= 11 is 0. The number of alkyl halides is 9. The van der Waals surface area contributed by atoms with Crippen molar-refractivity contribution in [1.82, 2.24) is 0 Å². The van der Waals surface area contributed by atoms with Crippen molar-refractivity contribution in [2.75, 3.05) is 6.26 Å². The normalized spacial score (nSPS) is 18.9. The zero-order valence-corrected chi connectivity index (χ0v) is 12.5. The third-order valence-corrected chi connectivity index (χ3v) is 12.6. The van der Waals surface area contributed by atoms with Gasteiger partial charge in [-0.25, -0.2) is 12.6 Å². The zero-order chi connectivity index (χ0) is 18.6. The Kier molecular flexibility index (Phi) is 5.20. The molecule has 138 valence electrons. The molecule has 0 saturated heterocycles. The lowest BCUT2D eigenvalue weighted by Gasteiger charge is -2.39. The SMILES string of the molecule is C[SH](=O)(C(S(=O)(=O)C(F)(F)F)[SH](=O)(O)C(F)(F)F)C(F)(F)F. The predicted molar refractivity (Wildman–Crippen MR) is 58.5 cm³/mol. The van der Waals surface area contributed by atoms with Crippen molar-refractivity contribution in [2.45, 2.75) is 20.4 Å². The first-order valence-corrected chi connectivity index (χ1v) is 9.95. The fourth-order valence-corrected chi connectivity index (χ4v) is 10.1. The van der Waals surface area contributed by atoms with E-state index in [1.165, 1.54) is 0 Å². The van der Waals surface area contributed by atoms with Gasteiger partial charge in [-0.2, -0.15) is 39.5 Å². The van der Waals surface area contributed by atoms with Gasteiger partial charge >= 0.3 is 16.5 Å². The summed E-state index contributed by atoms with van der Waals surface area (Å²) in [6, 6.07) is 0. The Bertz CT molecular complexity index is 591. The van der Waals surface area contributed by atoms with Gasteiger partial charge in [0, 0.05) is 16.2 Å². The molecule has 0 bridgehead atoms. The van der Waals surface area contributed by atoms with Gasteiger partial charge in [0.25, 0.3) is 9.84 Å². The molecule has 22 heavy (non-hydrogen) atoms. The third kappa shape index (κ3) is 3.40. The summed E-state index contributed by atoms with van der Waals surface area (Å²) < 4.78 is 158. The van der Waals surface area contributed by atoms with Gasteiger partial charge in [0.1, 0.15) is 0 Å². The van der Waals surface area contributed by atoms with Gasteiger partial charge in [0.05, 0.1) is 0 Å². The first kappa shape index (κ1) is 21.6. The summed E-state index contributed by atoms with van der Waals surface area (Å²) in [6.45, 7) is 0. The molecule has 0 aliphatic carbocycles. The second-order valence-electron chi connectivity index (χ2n) is 3.87. The van der Waals surface area contributed by atoms with Crippen LogP contribution in [0.15, 0.2) is 0 Å². The summed E-state index contributed by atoms with van der Waals surface area (Å²) in [5.74, 6) is 0. The lowest BCUT2D eigenvalue weighted by Crippen LogP contribution is -2.58. The van der Waals surface area contributed by atoms with E-state index in [9.17, 15) is 56.3 Å². The van der Waals surface area contributed by atoms with Crippen LogP contribution in [0.25, 0.3) is 0 Å². The molecule has 0 radical (unpaired) electrons. The average Bonchev–Trinajstić information content (AvgIpc) is 2.09. The Labute approximate surface area is 118 Å². The fraction of sp³-hybridized carbons (Fsp3) is 1.00. The molecule has 0 heterocycles. The van der Waals surface area contributed by atoms with Gasteiger partial charge in [-0.3, -0.25) is 8.76 Å². The maximum absolute atomic E-state index is 12.4. The maximum atomic E-state index is 12.4. The lowest BCUT2D eigenvalue weighted by molar-refractivity contribution is -0.0516. The molecule has 1 atom stereocenters. The van der Waals surface area contributed by atoms with E-state index >= 15 is 0 Å². The van der Waals surface area contributed by atoms with Crippen LogP contribution in [-0.4, -0.2) is 48.1 Å². The first-order valence-electron chi connectivity index (χ1n) is 4.45. The minimum absolute atomic E-state index is 0.782. The number of hydrogen-bond acceptors (Lipinski definition) is 4. The van der Waals surface area contributed by atoms with Gasteiger partial charge in [0.2, 0.25) is 3.91 Å². The van der Waals surface area contributed by atoms with E-state index in [0.717, 1.165) is 0 Å². The molecule has 0 amide bonds. The van der Waals surface area contributed by atoms with Gasteiger partial charge in [-0.1, -0.05) is 10.2 Å². The molecule has 0 fully saturated rings. The molecule has 0 aliphatic rings. The highest BCUT2D eigenvalue weighted by Crippen LogP contribution is 2.47. The maximum Gasteiger partial charge on any atom is 0.500 e. The van der Waals surface area contributed by atoms with Crippen LogP contribution in [0.3, 0.4) is 0 Å². The Morgan fingerprint density at radius 1 is 0.864 bits per heavy atom. The minimum atomic E-state index is -7.71. The van der Waals surface area contributed by atoms with Crippen LogP contribution in [0.2, 0.25) is 0 Å². The van der Waals surface area contributed by atoms with Crippen LogP contribution in [0.1, 0.15) is 0 Å². The second-order valence-corrected chi connectivity index (χ2v) is 12.3. The molecular formula is C5H7F9O5S3. The van der Waals surface area contributed by atoms with Gasteiger partial charge in [-0.15, -0.1) is 0 Å². The molecule has 0 rings (SSSR count). The number of hydrogen-bond donors (Lipinski definition) is 3. The monoisotopic (exact) mass is 414 g/mol. The summed E-state index contributed by atoms with van der Waals surface area (Å²) in [7, 11) is -22.2. The fourth-order valence-electron chi connectivity index (χ4n) is 1.12. The van der Waals surface area contributed by atoms with Crippen molar-refractivity contribution in [3.63, 3.8) is 0 Å². The van der Waals surface area contributed by atoms with Crippen molar-refractivity contribution >= 4 is 30.0 Å². The smallest absolute Gasteiger partial charge is 0.297 e. The second kappa shape index (κ2) is 5.30. The minimum Gasteiger partial charge on any atom is -0.297 e. The summed E-state index contributed by atoms with van der Waals surface area (Å²) in [6.07, 6.45) is -0.782. The van der Waals surface area contributed by atoms with Gasteiger partial charge in [0.15, 0.2) is 0 Å². The van der Waals surface area contributed by atoms with Crippen LogP contribution >= 0.6 is 0 Å². The quantitative estimate of drug-likeness (QED) is 0.480.